The molecule has 1 aliphatic rings. The molecule has 0 aromatic heterocycles. The van der Waals surface area contributed by atoms with Gasteiger partial charge in [0.05, 0.1) is 5.02 Å². The molecule has 0 spiro atoms. The molecular formula is C18H18Cl2N2OS. The van der Waals surface area contributed by atoms with Gasteiger partial charge in [0.25, 0.3) is 5.91 Å². The summed E-state index contributed by atoms with van der Waals surface area (Å²) in [5.74, 6) is 1.32. The molecule has 1 fully saturated rings. The van der Waals surface area contributed by atoms with Gasteiger partial charge in [-0.1, -0.05) is 35.3 Å². The Bertz CT molecular complexity index is 717. The highest BCUT2D eigenvalue weighted by molar-refractivity contribution is 7.98. The standard InChI is InChI=1S/C18H18Cl2N2OS/c19-15-5-6-16(20)17(7-15)24-11-12-1-3-14(4-2-12)18(23)22-10-13-8-21-9-13/h1-7,13,21H,8-11H2,(H,22,23). The number of carbonyl (C=O) groups excluding carboxylic acids is 1. The van der Waals surface area contributed by atoms with Crippen LogP contribution >= 0.6 is 35.0 Å². The average molecular weight is 381 g/mol. The maximum atomic E-state index is 12.1. The van der Waals surface area contributed by atoms with Gasteiger partial charge in [-0.3, -0.25) is 4.79 Å². The summed E-state index contributed by atoms with van der Waals surface area (Å²) in [6.45, 7) is 2.71. The Balaban J connectivity index is 1.53. The normalized spacial score (nSPS) is 14.2. The van der Waals surface area contributed by atoms with E-state index in [-0.39, 0.29) is 5.91 Å². The molecule has 1 aliphatic heterocycles. The molecule has 1 amide bonds. The smallest absolute Gasteiger partial charge is 0.251 e. The van der Waals surface area contributed by atoms with Crippen molar-refractivity contribution in [2.24, 2.45) is 5.92 Å². The molecule has 0 atom stereocenters. The summed E-state index contributed by atoms with van der Waals surface area (Å²) in [7, 11) is 0. The molecule has 2 aromatic rings. The van der Waals surface area contributed by atoms with Crippen molar-refractivity contribution in [2.45, 2.75) is 10.6 Å². The van der Waals surface area contributed by atoms with Crippen LogP contribution in [0.2, 0.25) is 10.0 Å². The van der Waals surface area contributed by atoms with E-state index in [1.165, 1.54) is 0 Å². The molecule has 24 heavy (non-hydrogen) atoms. The lowest BCUT2D eigenvalue weighted by Crippen LogP contribution is -2.48. The highest BCUT2D eigenvalue weighted by atomic mass is 35.5. The lowest BCUT2D eigenvalue weighted by atomic mass is 10.0. The van der Waals surface area contributed by atoms with E-state index in [2.05, 4.69) is 10.6 Å². The minimum Gasteiger partial charge on any atom is -0.352 e. The zero-order chi connectivity index (χ0) is 16.9. The van der Waals surface area contributed by atoms with Gasteiger partial charge >= 0.3 is 0 Å². The number of benzene rings is 2. The minimum atomic E-state index is -0.0148. The molecule has 2 N–H and O–H groups in total. The molecule has 0 radical (unpaired) electrons. The molecule has 1 saturated heterocycles. The van der Waals surface area contributed by atoms with Gasteiger partial charge in [0.1, 0.15) is 0 Å². The SMILES string of the molecule is O=C(NCC1CNC1)c1ccc(CSc2cc(Cl)ccc2Cl)cc1. The molecule has 0 saturated carbocycles. The van der Waals surface area contributed by atoms with Crippen molar-refractivity contribution < 1.29 is 4.79 Å². The number of halogens is 2. The summed E-state index contributed by atoms with van der Waals surface area (Å²) in [6, 6.07) is 13.1. The molecule has 1 heterocycles. The van der Waals surface area contributed by atoms with Crippen LogP contribution < -0.4 is 10.6 Å². The molecule has 126 valence electrons. The van der Waals surface area contributed by atoms with Crippen LogP contribution in [0.3, 0.4) is 0 Å². The second-order valence-corrected chi connectivity index (χ2v) is 7.66. The van der Waals surface area contributed by atoms with Gasteiger partial charge in [-0.15, -0.1) is 11.8 Å². The number of thioether (sulfide) groups is 1. The van der Waals surface area contributed by atoms with Crippen molar-refractivity contribution in [2.75, 3.05) is 19.6 Å². The van der Waals surface area contributed by atoms with E-state index in [0.717, 1.165) is 35.8 Å². The van der Waals surface area contributed by atoms with Gasteiger partial charge in [0.2, 0.25) is 0 Å². The third kappa shape index (κ3) is 4.67. The van der Waals surface area contributed by atoms with E-state index in [1.54, 1.807) is 23.9 Å². The fourth-order valence-corrected chi connectivity index (χ4v) is 3.78. The average Bonchev–Trinajstić information content (AvgIpc) is 2.54. The largest absolute Gasteiger partial charge is 0.352 e. The van der Waals surface area contributed by atoms with Crippen LogP contribution in [-0.4, -0.2) is 25.5 Å². The van der Waals surface area contributed by atoms with Gasteiger partial charge in [-0.25, -0.2) is 0 Å². The summed E-state index contributed by atoms with van der Waals surface area (Å²) < 4.78 is 0. The fourth-order valence-electron chi connectivity index (χ4n) is 2.33. The number of rotatable bonds is 6. The molecule has 0 unspecified atom stereocenters. The van der Waals surface area contributed by atoms with Crippen LogP contribution in [0.25, 0.3) is 0 Å². The summed E-state index contributed by atoms with van der Waals surface area (Å²) in [4.78, 5) is 13.1. The van der Waals surface area contributed by atoms with Crippen LogP contribution in [0.5, 0.6) is 0 Å². The first-order valence-electron chi connectivity index (χ1n) is 7.77. The van der Waals surface area contributed by atoms with E-state index in [9.17, 15) is 4.79 Å². The van der Waals surface area contributed by atoms with Crippen LogP contribution in [0.4, 0.5) is 0 Å². The first-order chi connectivity index (χ1) is 11.6. The zero-order valence-corrected chi connectivity index (χ0v) is 15.3. The minimum absolute atomic E-state index is 0.0148. The topological polar surface area (TPSA) is 41.1 Å². The van der Waals surface area contributed by atoms with Crippen LogP contribution in [-0.2, 0) is 5.75 Å². The highest BCUT2D eigenvalue weighted by Gasteiger charge is 2.17. The van der Waals surface area contributed by atoms with Crippen molar-refractivity contribution in [1.82, 2.24) is 10.6 Å². The Kier molecular flexibility index (Phi) is 6.06. The lowest BCUT2D eigenvalue weighted by Gasteiger charge is -2.27. The Morgan fingerprint density at radius 2 is 1.92 bits per heavy atom. The molecule has 2 aromatic carbocycles. The summed E-state index contributed by atoms with van der Waals surface area (Å²) in [5.41, 5.74) is 1.83. The monoisotopic (exact) mass is 380 g/mol. The van der Waals surface area contributed by atoms with Crippen LogP contribution in [0.1, 0.15) is 15.9 Å². The second kappa shape index (κ2) is 8.26. The highest BCUT2D eigenvalue weighted by Crippen LogP contribution is 2.32. The van der Waals surface area contributed by atoms with E-state index < -0.39 is 0 Å². The maximum Gasteiger partial charge on any atom is 0.251 e. The van der Waals surface area contributed by atoms with E-state index in [1.807, 2.05) is 30.3 Å². The Labute approximate surface area is 156 Å². The molecular weight excluding hydrogens is 363 g/mol. The Morgan fingerprint density at radius 1 is 1.17 bits per heavy atom. The first-order valence-corrected chi connectivity index (χ1v) is 9.51. The van der Waals surface area contributed by atoms with Crippen LogP contribution in [0.15, 0.2) is 47.4 Å². The van der Waals surface area contributed by atoms with Crippen molar-refractivity contribution in [3.63, 3.8) is 0 Å². The lowest BCUT2D eigenvalue weighted by molar-refractivity contribution is 0.0942. The van der Waals surface area contributed by atoms with E-state index in [4.69, 9.17) is 23.2 Å². The number of nitrogens with one attached hydrogen (secondary N) is 2. The third-order valence-corrected chi connectivity index (χ3v) is 5.72. The van der Waals surface area contributed by atoms with Gasteiger partial charge in [-0.2, -0.15) is 0 Å². The van der Waals surface area contributed by atoms with Crippen molar-refractivity contribution in [3.05, 3.63) is 63.6 Å². The molecule has 3 rings (SSSR count). The number of hydrogen-bond acceptors (Lipinski definition) is 3. The predicted molar refractivity (Wildman–Crippen MR) is 101 cm³/mol. The summed E-state index contributed by atoms with van der Waals surface area (Å²) in [6.07, 6.45) is 0. The number of carbonyl (C=O) groups is 1. The maximum absolute atomic E-state index is 12.1. The summed E-state index contributed by atoms with van der Waals surface area (Å²) in [5, 5.41) is 7.55. The van der Waals surface area contributed by atoms with Gasteiger partial charge in [0, 0.05) is 46.8 Å². The third-order valence-electron chi connectivity index (χ3n) is 3.92. The summed E-state index contributed by atoms with van der Waals surface area (Å²) >= 11 is 13.8. The molecule has 6 heteroatoms. The first kappa shape index (κ1) is 17.6. The molecule has 0 aliphatic carbocycles. The van der Waals surface area contributed by atoms with E-state index >= 15 is 0 Å². The van der Waals surface area contributed by atoms with Gasteiger partial charge < -0.3 is 10.6 Å². The van der Waals surface area contributed by atoms with E-state index in [0.29, 0.717) is 21.5 Å². The van der Waals surface area contributed by atoms with Crippen LogP contribution in [0, 0.1) is 5.92 Å². The quantitative estimate of drug-likeness (QED) is 0.736. The van der Waals surface area contributed by atoms with Gasteiger partial charge in [-0.05, 0) is 35.9 Å². The van der Waals surface area contributed by atoms with Crippen molar-refractivity contribution in [1.29, 1.82) is 0 Å². The fraction of sp³-hybridized carbons (Fsp3) is 0.278. The molecule has 3 nitrogen and oxygen atoms in total. The number of hydrogen-bond donors (Lipinski definition) is 2. The Hall–Kier alpha value is -1.20. The zero-order valence-electron chi connectivity index (χ0n) is 13.0. The number of amides is 1. The van der Waals surface area contributed by atoms with Crippen molar-refractivity contribution >= 4 is 40.9 Å². The Morgan fingerprint density at radius 3 is 2.58 bits per heavy atom. The predicted octanol–water partition coefficient (Wildman–Crippen LogP) is 4.23. The van der Waals surface area contributed by atoms with Gasteiger partial charge in [0.15, 0.2) is 0 Å². The second-order valence-electron chi connectivity index (χ2n) is 5.79. The molecule has 0 bridgehead atoms. The van der Waals surface area contributed by atoms with Crippen molar-refractivity contribution in [3.8, 4) is 0 Å².